The van der Waals surface area contributed by atoms with Gasteiger partial charge in [0.1, 0.15) is 0 Å². The number of hydrogen-bond acceptors (Lipinski definition) is 5. The first kappa shape index (κ1) is 29.4. The highest BCUT2D eigenvalue weighted by atomic mass is 32.1. The highest BCUT2D eigenvalue weighted by Crippen LogP contribution is 2.46. The lowest BCUT2D eigenvalue weighted by Crippen LogP contribution is -1.94. The Balaban J connectivity index is 1.21. The largest absolute Gasteiger partial charge is 0.255 e. The van der Waals surface area contributed by atoms with Crippen LogP contribution in [-0.2, 0) is 0 Å². The first-order valence-corrected chi connectivity index (χ1v) is 17.8. The maximum absolute atomic E-state index is 5.46. The van der Waals surface area contributed by atoms with E-state index >= 15 is 0 Å². The first-order chi connectivity index (χ1) is 25.3. The lowest BCUT2D eigenvalue weighted by molar-refractivity contribution is 1.22. The van der Waals surface area contributed by atoms with Crippen LogP contribution in [0.5, 0.6) is 0 Å². The summed E-state index contributed by atoms with van der Waals surface area (Å²) in [6.07, 6.45) is 3.61. The van der Waals surface area contributed by atoms with E-state index in [-0.39, 0.29) is 0 Å². The van der Waals surface area contributed by atoms with Gasteiger partial charge in [0.25, 0.3) is 0 Å². The van der Waals surface area contributed by atoms with Crippen molar-refractivity contribution in [2.75, 3.05) is 0 Å². The van der Waals surface area contributed by atoms with Gasteiger partial charge in [0.05, 0.1) is 38.7 Å². The zero-order chi connectivity index (χ0) is 33.7. The van der Waals surface area contributed by atoms with Gasteiger partial charge in [-0.05, 0) is 87.6 Å². The number of benzene rings is 5. The molecule has 10 rings (SSSR count). The molecular formula is C46H28N4S. The molecule has 0 bridgehead atoms. The number of thiophene rings is 1. The van der Waals surface area contributed by atoms with Crippen molar-refractivity contribution in [2.24, 2.45) is 0 Å². The molecule has 238 valence electrons. The van der Waals surface area contributed by atoms with E-state index in [2.05, 4.69) is 131 Å². The predicted molar refractivity (Wildman–Crippen MR) is 213 cm³/mol. The van der Waals surface area contributed by atoms with Gasteiger partial charge >= 0.3 is 0 Å². The van der Waals surface area contributed by atoms with E-state index in [9.17, 15) is 0 Å². The van der Waals surface area contributed by atoms with Crippen LogP contribution in [0.25, 0.3) is 98.1 Å². The fourth-order valence-electron chi connectivity index (χ4n) is 7.24. The number of aromatic nitrogens is 4. The molecule has 0 aliphatic heterocycles. The van der Waals surface area contributed by atoms with Crippen LogP contribution in [0.3, 0.4) is 0 Å². The van der Waals surface area contributed by atoms with Crippen molar-refractivity contribution >= 4 is 53.2 Å². The molecule has 0 fully saturated rings. The number of fused-ring (bicyclic) bond motifs is 6. The Morgan fingerprint density at radius 1 is 0.412 bits per heavy atom. The van der Waals surface area contributed by atoms with Crippen LogP contribution in [0.4, 0.5) is 0 Å². The molecule has 5 aromatic carbocycles. The fraction of sp³-hybridized carbons (Fsp3) is 0. The van der Waals surface area contributed by atoms with Gasteiger partial charge in [-0.25, -0.2) is 9.97 Å². The molecule has 0 aliphatic carbocycles. The van der Waals surface area contributed by atoms with Gasteiger partial charge < -0.3 is 0 Å². The Bertz CT molecular complexity index is 2850. The van der Waals surface area contributed by atoms with E-state index in [4.69, 9.17) is 9.97 Å². The monoisotopic (exact) mass is 668 g/mol. The molecule has 0 saturated heterocycles. The normalized spacial score (nSPS) is 11.5. The summed E-state index contributed by atoms with van der Waals surface area (Å²) in [7, 11) is 0. The summed E-state index contributed by atoms with van der Waals surface area (Å²) in [6.45, 7) is 0. The minimum absolute atomic E-state index is 0.806. The van der Waals surface area contributed by atoms with Crippen molar-refractivity contribution in [3.8, 4) is 56.3 Å². The third-order valence-corrected chi connectivity index (χ3v) is 10.7. The summed E-state index contributed by atoms with van der Waals surface area (Å²) in [5.41, 5.74) is 10.9. The van der Waals surface area contributed by atoms with Gasteiger partial charge in [-0.2, -0.15) is 0 Å². The second kappa shape index (κ2) is 12.1. The molecule has 10 aromatic rings. The Morgan fingerprint density at radius 2 is 1.06 bits per heavy atom. The smallest absolute Gasteiger partial charge is 0.0900 e. The number of hydrogen-bond donors (Lipinski definition) is 0. The van der Waals surface area contributed by atoms with E-state index in [0.29, 0.717) is 0 Å². The minimum Gasteiger partial charge on any atom is -0.255 e. The standard InChI is InChI=1S/C46H28N4S/c1-2-16-33-29(12-1)13-10-19-35(33)45-46-44(36-17-3-4-23-42(36)51-46)43-34(18-11-22-39(43)50-45)31-15-9-14-30(26-31)32-27-40(37-20-5-7-24-47-37)49-41(28-32)38-21-6-8-25-48-38/h1-28H. The molecule has 5 heteroatoms. The molecule has 0 radical (unpaired) electrons. The highest BCUT2D eigenvalue weighted by Gasteiger charge is 2.20. The molecule has 0 saturated carbocycles. The molecule has 0 unspecified atom stereocenters. The Kier molecular flexibility index (Phi) is 6.96. The molecule has 51 heavy (non-hydrogen) atoms. The number of rotatable bonds is 5. The van der Waals surface area contributed by atoms with Crippen molar-refractivity contribution in [2.45, 2.75) is 0 Å². The molecule has 0 N–H and O–H groups in total. The van der Waals surface area contributed by atoms with Crippen LogP contribution in [-0.4, -0.2) is 19.9 Å². The van der Waals surface area contributed by atoms with Gasteiger partial charge in [0.15, 0.2) is 0 Å². The second-order valence-electron chi connectivity index (χ2n) is 12.6. The van der Waals surface area contributed by atoms with E-state index < -0.39 is 0 Å². The van der Waals surface area contributed by atoms with Gasteiger partial charge in [0, 0.05) is 38.8 Å². The number of pyridine rings is 4. The summed E-state index contributed by atoms with van der Waals surface area (Å²) >= 11 is 1.83. The quantitative estimate of drug-likeness (QED) is 0.183. The lowest BCUT2D eigenvalue weighted by Gasteiger charge is -2.14. The van der Waals surface area contributed by atoms with Gasteiger partial charge in [-0.3, -0.25) is 9.97 Å². The first-order valence-electron chi connectivity index (χ1n) is 17.0. The molecule has 5 heterocycles. The zero-order valence-corrected chi connectivity index (χ0v) is 28.2. The van der Waals surface area contributed by atoms with Crippen LogP contribution >= 0.6 is 11.3 Å². The topological polar surface area (TPSA) is 51.6 Å². The van der Waals surface area contributed by atoms with Crippen LogP contribution in [0.1, 0.15) is 0 Å². The summed E-state index contributed by atoms with van der Waals surface area (Å²) in [5.74, 6) is 0. The van der Waals surface area contributed by atoms with E-state index in [1.54, 1.807) is 12.4 Å². The third kappa shape index (κ3) is 5.06. The molecular weight excluding hydrogens is 641 g/mol. The van der Waals surface area contributed by atoms with E-state index in [1.165, 1.54) is 36.3 Å². The summed E-state index contributed by atoms with van der Waals surface area (Å²) in [5, 5.41) is 6.10. The molecule has 0 spiro atoms. The molecule has 5 aromatic heterocycles. The van der Waals surface area contributed by atoms with Gasteiger partial charge in [-0.1, -0.05) is 103 Å². The fourth-order valence-corrected chi connectivity index (χ4v) is 8.45. The van der Waals surface area contributed by atoms with Gasteiger partial charge in [-0.15, -0.1) is 11.3 Å². The summed E-state index contributed by atoms with van der Waals surface area (Å²) in [4.78, 5) is 19.7. The summed E-state index contributed by atoms with van der Waals surface area (Å²) in [6, 6.07) is 55.3. The maximum atomic E-state index is 5.46. The van der Waals surface area contributed by atoms with Crippen molar-refractivity contribution < 1.29 is 0 Å². The maximum Gasteiger partial charge on any atom is 0.0900 e. The lowest BCUT2D eigenvalue weighted by atomic mass is 9.93. The van der Waals surface area contributed by atoms with Crippen molar-refractivity contribution in [3.05, 3.63) is 170 Å². The van der Waals surface area contributed by atoms with Crippen molar-refractivity contribution in [1.29, 1.82) is 0 Å². The average molecular weight is 669 g/mol. The van der Waals surface area contributed by atoms with E-state index in [0.717, 1.165) is 61.8 Å². The zero-order valence-electron chi connectivity index (χ0n) is 27.4. The second-order valence-corrected chi connectivity index (χ2v) is 13.7. The van der Waals surface area contributed by atoms with Crippen LogP contribution in [0.15, 0.2) is 170 Å². The van der Waals surface area contributed by atoms with Crippen molar-refractivity contribution in [1.82, 2.24) is 19.9 Å². The Hall–Kier alpha value is -6.56. The molecule has 0 aliphatic rings. The Labute approximate surface area is 298 Å². The van der Waals surface area contributed by atoms with Crippen LogP contribution in [0, 0.1) is 0 Å². The Morgan fingerprint density at radius 3 is 1.84 bits per heavy atom. The van der Waals surface area contributed by atoms with Crippen molar-refractivity contribution in [3.63, 3.8) is 0 Å². The SMILES string of the molecule is c1ccc(-c2cc(-c3cccc(-c4cccc5nc(-c6cccc7ccccc67)c6sc7ccccc7c6c45)c3)cc(-c3ccccn3)n2)nc1. The van der Waals surface area contributed by atoms with Gasteiger partial charge in [0.2, 0.25) is 0 Å². The molecule has 0 amide bonds. The minimum atomic E-state index is 0.806. The predicted octanol–water partition coefficient (Wildman–Crippen LogP) is 12.3. The van der Waals surface area contributed by atoms with E-state index in [1.807, 2.05) is 47.7 Å². The number of nitrogens with zero attached hydrogens (tertiary/aromatic N) is 4. The summed E-state index contributed by atoms with van der Waals surface area (Å²) < 4.78 is 2.46. The highest BCUT2D eigenvalue weighted by molar-refractivity contribution is 7.26. The average Bonchev–Trinajstić information content (AvgIpc) is 3.61. The van der Waals surface area contributed by atoms with Crippen LogP contribution < -0.4 is 0 Å². The molecule has 0 atom stereocenters. The molecule has 4 nitrogen and oxygen atoms in total. The third-order valence-electron chi connectivity index (χ3n) is 9.57. The van der Waals surface area contributed by atoms with Crippen LogP contribution in [0.2, 0.25) is 0 Å².